The van der Waals surface area contributed by atoms with Gasteiger partial charge in [0.2, 0.25) is 23.7 Å². The van der Waals surface area contributed by atoms with Crippen LogP contribution < -0.4 is 20.9 Å². The molecule has 5 heterocycles. The van der Waals surface area contributed by atoms with Gasteiger partial charge in [0, 0.05) is 61.5 Å². The molecular formula is C43H52F2N8O5. The van der Waals surface area contributed by atoms with Gasteiger partial charge in [0.1, 0.15) is 17.6 Å². The number of rotatable bonds is 10. The number of aromatic nitrogens is 2. The van der Waals surface area contributed by atoms with E-state index < -0.39 is 18.0 Å². The molecule has 3 aromatic rings. The van der Waals surface area contributed by atoms with Crippen molar-refractivity contribution in [2.24, 2.45) is 11.8 Å². The number of benzene rings is 2. The zero-order valence-corrected chi connectivity index (χ0v) is 32.8. The molecule has 5 fully saturated rings. The maximum Gasteiger partial charge on any atom is 0.414 e. The zero-order chi connectivity index (χ0) is 40.2. The second-order valence-electron chi connectivity index (χ2n) is 16.5. The molecule has 4 amide bonds. The van der Waals surface area contributed by atoms with Gasteiger partial charge in [-0.2, -0.15) is 0 Å². The molecule has 15 heteroatoms. The molecule has 4 aliphatic heterocycles. The number of carbonyl (C=O) groups excluding carboxylic acids is 4. The third-order valence-corrected chi connectivity index (χ3v) is 12.6. The van der Waals surface area contributed by atoms with Crippen molar-refractivity contribution in [2.75, 3.05) is 61.4 Å². The number of carbonyl (C=O) groups is 4. The predicted molar refractivity (Wildman–Crippen MR) is 214 cm³/mol. The van der Waals surface area contributed by atoms with Crippen LogP contribution in [-0.2, 0) is 19.1 Å². The van der Waals surface area contributed by atoms with Crippen molar-refractivity contribution >= 4 is 41.1 Å². The van der Waals surface area contributed by atoms with Crippen LogP contribution in [0.4, 0.5) is 30.9 Å². The molecule has 58 heavy (non-hydrogen) atoms. The second kappa shape index (κ2) is 17.8. The Morgan fingerprint density at radius 3 is 2.40 bits per heavy atom. The van der Waals surface area contributed by atoms with Crippen LogP contribution in [0.2, 0.25) is 0 Å². The Balaban J connectivity index is 0.755. The normalized spacial score (nSPS) is 24.0. The van der Waals surface area contributed by atoms with Gasteiger partial charge in [-0.05, 0) is 119 Å². The molecule has 1 saturated carbocycles. The summed E-state index contributed by atoms with van der Waals surface area (Å²) in [5, 5.41) is 8.77. The van der Waals surface area contributed by atoms with E-state index in [9.17, 15) is 23.6 Å². The molecule has 0 radical (unpaired) electrons. The lowest BCUT2D eigenvalue weighted by molar-refractivity contribution is -0.138. The third-order valence-electron chi connectivity index (χ3n) is 12.6. The molecule has 5 aliphatic rings. The molecule has 2 aromatic carbocycles. The summed E-state index contributed by atoms with van der Waals surface area (Å²) in [4.78, 5) is 64.2. The monoisotopic (exact) mass is 798 g/mol. The first-order valence-corrected chi connectivity index (χ1v) is 20.9. The lowest BCUT2D eigenvalue weighted by atomic mass is 9.84. The third kappa shape index (κ3) is 9.24. The molecule has 1 unspecified atom stereocenters. The van der Waals surface area contributed by atoms with Gasteiger partial charge in [0.25, 0.3) is 0 Å². The van der Waals surface area contributed by atoms with E-state index in [1.807, 2.05) is 12.1 Å². The first-order chi connectivity index (χ1) is 28.2. The average Bonchev–Trinajstić information content (AvgIpc) is 3.23. The van der Waals surface area contributed by atoms with Gasteiger partial charge in [-0.15, -0.1) is 0 Å². The first kappa shape index (κ1) is 39.6. The zero-order valence-electron chi connectivity index (χ0n) is 32.8. The van der Waals surface area contributed by atoms with Crippen molar-refractivity contribution in [1.82, 2.24) is 25.1 Å². The number of nitrogens with one attached hydrogen (secondary N) is 3. The van der Waals surface area contributed by atoms with Gasteiger partial charge in [-0.1, -0.05) is 18.2 Å². The number of cyclic esters (lactones) is 1. The summed E-state index contributed by atoms with van der Waals surface area (Å²) in [6, 6.07) is 11.7. The summed E-state index contributed by atoms with van der Waals surface area (Å²) in [6.07, 6.45) is 8.98. The van der Waals surface area contributed by atoms with Crippen molar-refractivity contribution < 1.29 is 32.7 Å². The average molecular weight is 799 g/mol. The Morgan fingerprint density at radius 1 is 0.862 bits per heavy atom. The van der Waals surface area contributed by atoms with Crippen LogP contribution in [0.1, 0.15) is 82.1 Å². The number of nitrogens with zero attached hydrogens (tertiary/aromatic N) is 5. The summed E-state index contributed by atoms with van der Waals surface area (Å²) in [5.41, 5.74) is 2.58. The molecule has 8 rings (SSSR count). The molecule has 4 saturated heterocycles. The van der Waals surface area contributed by atoms with Crippen molar-refractivity contribution in [1.29, 1.82) is 0 Å². The van der Waals surface area contributed by atoms with Crippen LogP contribution in [0.5, 0.6) is 0 Å². The summed E-state index contributed by atoms with van der Waals surface area (Å²) in [6.45, 7) is 5.28. The number of piperidine rings is 3. The van der Waals surface area contributed by atoms with Crippen molar-refractivity contribution in [2.45, 2.75) is 88.6 Å². The van der Waals surface area contributed by atoms with Crippen LogP contribution in [0, 0.1) is 23.5 Å². The van der Waals surface area contributed by atoms with E-state index in [0.717, 1.165) is 90.5 Å². The Kier molecular flexibility index (Phi) is 12.1. The van der Waals surface area contributed by atoms with Gasteiger partial charge < -0.3 is 25.2 Å². The summed E-state index contributed by atoms with van der Waals surface area (Å²) < 4.78 is 35.4. The largest absolute Gasteiger partial charge is 0.449 e. The molecule has 0 spiro atoms. The molecule has 1 aliphatic carbocycles. The van der Waals surface area contributed by atoms with Gasteiger partial charge in [-0.3, -0.25) is 24.6 Å². The highest BCUT2D eigenvalue weighted by Gasteiger charge is 2.33. The van der Waals surface area contributed by atoms with Crippen LogP contribution >= 0.6 is 0 Å². The van der Waals surface area contributed by atoms with Gasteiger partial charge in [0.05, 0.1) is 12.8 Å². The highest BCUT2D eigenvalue weighted by molar-refractivity contribution is 6.01. The molecule has 1 atom stereocenters. The number of hydrogen-bond acceptors (Lipinski definition) is 10. The van der Waals surface area contributed by atoms with E-state index in [1.165, 1.54) is 12.3 Å². The number of halogens is 2. The molecule has 3 N–H and O–H groups in total. The highest BCUT2D eigenvalue weighted by atomic mass is 19.1. The quantitative estimate of drug-likeness (QED) is 0.206. The molecule has 308 valence electrons. The first-order valence-electron chi connectivity index (χ1n) is 20.9. The SMILES string of the molecule is O=C1CCC(Nc2ccc(C3CCN(CC4CCN(C(=O)[C@H]5CC[C@H](Nc6ncc(F)c(-c7cccc(N8CCCOC8=O)c7)n6)CC5)CC4)CC3)c(F)c2)C(=O)N1. The Labute approximate surface area is 337 Å². The number of ether oxygens (including phenoxy) is 1. The summed E-state index contributed by atoms with van der Waals surface area (Å²) in [5.74, 6) is -0.231. The molecule has 13 nitrogen and oxygen atoms in total. The minimum Gasteiger partial charge on any atom is -0.449 e. The van der Waals surface area contributed by atoms with E-state index in [4.69, 9.17) is 4.74 Å². The summed E-state index contributed by atoms with van der Waals surface area (Å²) >= 11 is 0. The predicted octanol–water partition coefficient (Wildman–Crippen LogP) is 6.07. The van der Waals surface area contributed by atoms with Crippen molar-refractivity contribution in [3.8, 4) is 11.3 Å². The maximum absolute atomic E-state index is 15.2. The Morgan fingerprint density at radius 2 is 1.66 bits per heavy atom. The maximum atomic E-state index is 15.2. The minimum atomic E-state index is -0.550. The number of hydrogen-bond donors (Lipinski definition) is 3. The van der Waals surface area contributed by atoms with Crippen molar-refractivity contribution in [3.63, 3.8) is 0 Å². The minimum absolute atomic E-state index is 0.00906. The van der Waals surface area contributed by atoms with E-state index in [2.05, 4.69) is 35.7 Å². The number of anilines is 3. The number of likely N-dealkylation sites (tertiary alicyclic amines) is 2. The number of imide groups is 1. The van der Waals surface area contributed by atoms with Crippen LogP contribution in [0.15, 0.2) is 48.7 Å². The lowest BCUT2D eigenvalue weighted by Gasteiger charge is -2.39. The Hall–Kier alpha value is -5.18. The van der Waals surface area contributed by atoms with E-state index in [1.54, 1.807) is 29.2 Å². The van der Waals surface area contributed by atoms with Crippen LogP contribution in [-0.4, -0.2) is 102 Å². The van der Waals surface area contributed by atoms with Gasteiger partial charge in [-0.25, -0.2) is 23.5 Å². The van der Waals surface area contributed by atoms with Crippen molar-refractivity contribution in [3.05, 3.63) is 65.9 Å². The van der Waals surface area contributed by atoms with E-state index in [0.29, 0.717) is 53.9 Å². The smallest absolute Gasteiger partial charge is 0.414 e. The van der Waals surface area contributed by atoms with E-state index in [-0.39, 0.29) is 53.5 Å². The van der Waals surface area contributed by atoms with Crippen LogP contribution in [0.3, 0.4) is 0 Å². The summed E-state index contributed by atoms with van der Waals surface area (Å²) in [7, 11) is 0. The fourth-order valence-electron chi connectivity index (χ4n) is 9.28. The second-order valence-corrected chi connectivity index (χ2v) is 16.5. The molecular weight excluding hydrogens is 747 g/mol. The van der Waals surface area contributed by atoms with Gasteiger partial charge >= 0.3 is 6.09 Å². The highest BCUT2D eigenvalue weighted by Crippen LogP contribution is 2.34. The van der Waals surface area contributed by atoms with E-state index >= 15 is 4.39 Å². The lowest BCUT2D eigenvalue weighted by Crippen LogP contribution is -2.47. The standard InChI is InChI=1S/C43H52F2N8O5/c44-35-24-32(47-37-11-12-38(54)49-40(37)55)9-10-34(35)28-15-18-51(19-16-28)26-27-13-20-52(21-14-27)41(56)29-5-7-31(8-6-29)48-42-46-25-36(45)39(50-42)30-3-1-4-33(23-30)53-17-2-22-58-43(53)57/h1,3-4,9-10,23-25,27-29,31,37,47H,2,5-8,11-22,26H2,(H,46,48,50)(H,49,54,55)/t29-,31-,37?. The fraction of sp³-hybridized carbons (Fsp3) is 0.535. The Bertz CT molecular complexity index is 1990. The molecule has 0 bridgehead atoms. The van der Waals surface area contributed by atoms with Crippen LogP contribution in [0.25, 0.3) is 11.3 Å². The molecule has 1 aromatic heterocycles. The van der Waals surface area contributed by atoms with Gasteiger partial charge in [0.15, 0.2) is 5.82 Å². The topological polar surface area (TPSA) is 149 Å². The number of amides is 4. The fourth-order valence-corrected chi connectivity index (χ4v) is 9.28.